The molecule has 0 heterocycles. The molecule has 0 N–H and O–H groups in total. The molecule has 1 rings (SSSR count). The van der Waals surface area contributed by atoms with Gasteiger partial charge in [-0.2, -0.15) is 0 Å². The summed E-state index contributed by atoms with van der Waals surface area (Å²) in [6, 6.07) is 10.2. The molecule has 0 spiro atoms. The third-order valence-corrected chi connectivity index (χ3v) is 3.98. The van der Waals surface area contributed by atoms with E-state index < -0.39 is 0 Å². The van der Waals surface area contributed by atoms with Gasteiger partial charge in [0.05, 0.1) is 13.5 Å². The molecule has 3 nitrogen and oxygen atoms in total. The summed E-state index contributed by atoms with van der Waals surface area (Å²) in [4.78, 5) is 22.5. The van der Waals surface area contributed by atoms with Crippen LogP contribution in [0.3, 0.4) is 0 Å². The fraction of sp³-hybridized carbons (Fsp3) is 0.467. The zero-order chi connectivity index (χ0) is 14.1. The van der Waals surface area contributed by atoms with Gasteiger partial charge in [-0.15, -0.1) is 0 Å². The quantitative estimate of drug-likeness (QED) is 0.720. The zero-order valence-electron chi connectivity index (χ0n) is 11.4. The summed E-state index contributed by atoms with van der Waals surface area (Å²) in [5, 5.41) is 0.0605. The van der Waals surface area contributed by atoms with Crippen LogP contribution in [0.1, 0.15) is 25.3 Å². The molecule has 0 saturated carbocycles. The molecular weight excluding hydrogens is 260 g/mol. The number of benzene rings is 1. The van der Waals surface area contributed by atoms with E-state index in [-0.39, 0.29) is 23.9 Å². The van der Waals surface area contributed by atoms with E-state index in [4.69, 9.17) is 0 Å². The maximum atomic E-state index is 11.6. The van der Waals surface area contributed by atoms with Crippen LogP contribution in [-0.2, 0) is 20.7 Å². The van der Waals surface area contributed by atoms with Crippen LogP contribution in [0.15, 0.2) is 30.3 Å². The van der Waals surface area contributed by atoms with Crippen molar-refractivity contribution in [1.29, 1.82) is 0 Å². The second-order valence-electron chi connectivity index (χ2n) is 4.55. The van der Waals surface area contributed by atoms with Crippen molar-refractivity contribution < 1.29 is 14.3 Å². The van der Waals surface area contributed by atoms with Gasteiger partial charge in [-0.05, 0) is 17.9 Å². The Hall–Kier alpha value is -1.29. The minimum atomic E-state index is -0.328. The third kappa shape index (κ3) is 7.01. The third-order valence-electron chi connectivity index (χ3n) is 2.72. The van der Waals surface area contributed by atoms with Crippen molar-refractivity contribution in [3.8, 4) is 0 Å². The summed E-state index contributed by atoms with van der Waals surface area (Å²) in [6.45, 7) is 2.13. The molecule has 104 valence electrons. The number of ether oxygens (including phenoxy) is 1. The van der Waals surface area contributed by atoms with Gasteiger partial charge in [0.15, 0.2) is 5.12 Å². The predicted molar refractivity (Wildman–Crippen MR) is 78.0 cm³/mol. The SMILES string of the molecule is COC(=O)CCC(=O)SC[C@@H](C)Cc1ccccc1. The number of methoxy groups -OCH3 is 1. The largest absolute Gasteiger partial charge is 0.469 e. The number of rotatable bonds is 7. The molecule has 1 atom stereocenters. The first-order valence-corrected chi connectivity index (χ1v) is 7.36. The molecule has 0 aliphatic carbocycles. The van der Waals surface area contributed by atoms with Crippen LogP contribution < -0.4 is 0 Å². The van der Waals surface area contributed by atoms with E-state index in [1.807, 2.05) is 18.2 Å². The zero-order valence-corrected chi connectivity index (χ0v) is 12.2. The fourth-order valence-corrected chi connectivity index (χ4v) is 2.52. The van der Waals surface area contributed by atoms with Gasteiger partial charge in [-0.25, -0.2) is 0 Å². The highest BCUT2D eigenvalue weighted by molar-refractivity contribution is 8.13. The van der Waals surface area contributed by atoms with Crippen molar-refractivity contribution in [2.75, 3.05) is 12.9 Å². The first-order chi connectivity index (χ1) is 9.11. The summed E-state index contributed by atoms with van der Waals surface area (Å²) in [6.07, 6.45) is 1.41. The van der Waals surface area contributed by atoms with E-state index in [1.165, 1.54) is 24.4 Å². The lowest BCUT2D eigenvalue weighted by Gasteiger charge is -2.10. The molecule has 0 amide bonds. The van der Waals surface area contributed by atoms with E-state index >= 15 is 0 Å². The van der Waals surface area contributed by atoms with Crippen LogP contribution in [0, 0.1) is 5.92 Å². The molecule has 1 aromatic rings. The van der Waals surface area contributed by atoms with Gasteiger partial charge in [0.2, 0.25) is 0 Å². The van der Waals surface area contributed by atoms with Crippen molar-refractivity contribution in [2.24, 2.45) is 5.92 Å². The summed E-state index contributed by atoms with van der Waals surface area (Å²) in [7, 11) is 1.34. The normalized spacial score (nSPS) is 11.9. The van der Waals surface area contributed by atoms with E-state index in [0.717, 1.165) is 12.2 Å². The number of carbonyl (C=O) groups is 2. The van der Waals surface area contributed by atoms with Gasteiger partial charge in [-0.3, -0.25) is 9.59 Å². The van der Waals surface area contributed by atoms with Crippen molar-refractivity contribution in [2.45, 2.75) is 26.2 Å². The Morgan fingerprint density at radius 1 is 1.21 bits per heavy atom. The standard InChI is InChI=1S/C15H20O3S/c1-12(10-13-6-4-3-5-7-13)11-19-15(17)9-8-14(16)18-2/h3-7,12H,8-11H2,1-2H3/t12-/m0/s1. The molecule has 0 bridgehead atoms. The molecule has 1 aromatic carbocycles. The molecular formula is C15H20O3S. The van der Waals surface area contributed by atoms with Gasteiger partial charge < -0.3 is 4.74 Å². The second-order valence-corrected chi connectivity index (χ2v) is 5.63. The Kier molecular flexibility index (Phi) is 7.26. The average Bonchev–Trinajstić information content (AvgIpc) is 2.43. The second kappa shape index (κ2) is 8.75. The fourth-order valence-electron chi connectivity index (χ4n) is 1.69. The molecule has 0 fully saturated rings. The number of esters is 1. The lowest BCUT2D eigenvalue weighted by Crippen LogP contribution is -2.07. The van der Waals surface area contributed by atoms with Crippen LogP contribution in [0.25, 0.3) is 0 Å². The monoisotopic (exact) mass is 280 g/mol. The van der Waals surface area contributed by atoms with E-state index in [9.17, 15) is 9.59 Å². The van der Waals surface area contributed by atoms with Crippen LogP contribution in [0.4, 0.5) is 0 Å². The van der Waals surface area contributed by atoms with Gasteiger partial charge >= 0.3 is 5.97 Å². The molecule has 0 aliphatic heterocycles. The highest BCUT2D eigenvalue weighted by atomic mass is 32.2. The van der Waals surface area contributed by atoms with Crippen LogP contribution >= 0.6 is 11.8 Å². The first-order valence-electron chi connectivity index (χ1n) is 6.38. The highest BCUT2D eigenvalue weighted by Crippen LogP contribution is 2.16. The molecule has 0 aliphatic rings. The minimum absolute atomic E-state index is 0.0605. The topological polar surface area (TPSA) is 43.4 Å². The first kappa shape index (κ1) is 15.8. The van der Waals surface area contributed by atoms with Crippen LogP contribution in [-0.4, -0.2) is 23.9 Å². The summed E-state index contributed by atoms with van der Waals surface area (Å²) in [5.41, 5.74) is 1.29. The number of hydrogen-bond donors (Lipinski definition) is 0. The van der Waals surface area contributed by atoms with Gasteiger partial charge in [0.25, 0.3) is 0 Å². The minimum Gasteiger partial charge on any atom is -0.469 e. The summed E-state index contributed by atoms with van der Waals surface area (Å²) < 4.78 is 4.50. The predicted octanol–water partition coefficient (Wildman–Crippen LogP) is 3.08. The van der Waals surface area contributed by atoms with Crippen LogP contribution in [0.2, 0.25) is 0 Å². The lowest BCUT2D eigenvalue weighted by atomic mass is 10.0. The summed E-state index contributed by atoms with van der Waals surface area (Å²) in [5.74, 6) is 0.898. The average molecular weight is 280 g/mol. The lowest BCUT2D eigenvalue weighted by molar-refractivity contribution is -0.141. The molecule has 0 unspecified atom stereocenters. The van der Waals surface area contributed by atoms with Crippen molar-refractivity contribution in [3.63, 3.8) is 0 Å². The van der Waals surface area contributed by atoms with Gasteiger partial charge in [-0.1, -0.05) is 49.0 Å². The number of hydrogen-bond acceptors (Lipinski definition) is 4. The maximum absolute atomic E-state index is 11.6. The maximum Gasteiger partial charge on any atom is 0.305 e. The molecule has 0 radical (unpaired) electrons. The highest BCUT2D eigenvalue weighted by Gasteiger charge is 2.10. The van der Waals surface area contributed by atoms with Crippen molar-refractivity contribution in [3.05, 3.63) is 35.9 Å². The molecule has 4 heteroatoms. The van der Waals surface area contributed by atoms with Gasteiger partial charge in [0.1, 0.15) is 0 Å². The van der Waals surface area contributed by atoms with Crippen molar-refractivity contribution in [1.82, 2.24) is 0 Å². The Labute approximate surface area is 118 Å². The smallest absolute Gasteiger partial charge is 0.305 e. The van der Waals surface area contributed by atoms with E-state index in [0.29, 0.717) is 5.92 Å². The Morgan fingerprint density at radius 3 is 2.53 bits per heavy atom. The Bertz CT molecular complexity index is 403. The Morgan fingerprint density at radius 2 is 1.89 bits per heavy atom. The summed E-state index contributed by atoms with van der Waals surface area (Å²) >= 11 is 1.31. The Balaban J connectivity index is 2.21. The van der Waals surface area contributed by atoms with Gasteiger partial charge in [0, 0.05) is 12.2 Å². The van der Waals surface area contributed by atoms with E-state index in [2.05, 4.69) is 23.8 Å². The van der Waals surface area contributed by atoms with Crippen molar-refractivity contribution >= 4 is 22.8 Å². The number of thioether (sulfide) groups is 1. The van der Waals surface area contributed by atoms with Crippen LogP contribution in [0.5, 0.6) is 0 Å². The molecule has 0 aromatic heterocycles. The van der Waals surface area contributed by atoms with E-state index in [1.54, 1.807) is 0 Å². The number of carbonyl (C=O) groups excluding carboxylic acids is 2. The molecule has 19 heavy (non-hydrogen) atoms. The molecule has 0 saturated heterocycles.